The number of hydrogen-bond acceptors (Lipinski definition) is 4. The minimum Gasteiger partial charge on any atom is -0.385 e. The van der Waals surface area contributed by atoms with Gasteiger partial charge in [0.1, 0.15) is 0 Å². The predicted octanol–water partition coefficient (Wildman–Crippen LogP) is 3.73. The first-order valence-corrected chi connectivity index (χ1v) is 8.40. The maximum absolute atomic E-state index is 11.4. The SMILES string of the molecule is COCCC[C@H]1CCCCN1Cc1csc(C(C)=O)c1. The van der Waals surface area contributed by atoms with Crippen LogP contribution in [-0.4, -0.2) is 37.0 Å². The van der Waals surface area contributed by atoms with Gasteiger partial charge in [-0.2, -0.15) is 0 Å². The van der Waals surface area contributed by atoms with E-state index in [1.165, 1.54) is 37.8 Å². The van der Waals surface area contributed by atoms with E-state index in [0.29, 0.717) is 6.04 Å². The van der Waals surface area contributed by atoms with Gasteiger partial charge in [-0.05, 0) is 56.2 Å². The van der Waals surface area contributed by atoms with Gasteiger partial charge >= 0.3 is 0 Å². The lowest BCUT2D eigenvalue weighted by Gasteiger charge is -2.35. The fourth-order valence-corrected chi connectivity index (χ4v) is 3.74. The van der Waals surface area contributed by atoms with E-state index in [2.05, 4.69) is 16.3 Å². The van der Waals surface area contributed by atoms with Crippen LogP contribution in [-0.2, 0) is 11.3 Å². The van der Waals surface area contributed by atoms with Gasteiger partial charge in [0.2, 0.25) is 0 Å². The van der Waals surface area contributed by atoms with Gasteiger partial charge in [0.05, 0.1) is 4.88 Å². The van der Waals surface area contributed by atoms with E-state index in [9.17, 15) is 4.79 Å². The topological polar surface area (TPSA) is 29.5 Å². The molecule has 0 aliphatic carbocycles. The molecule has 20 heavy (non-hydrogen) atoms. The number of carbonyl (C=O) groups is 1. The van der Waals surface area contributed by atoms with Crippen LogP contribution < -0.4 is 0 Å². The molecule has 2 rings (SSSR count). The number of hydrogen-bond donors (Lipinski definition) is 0. The van der Waals surface area contributed by atoms with Crippen molar-refractivity contribution in [2.24, 2.45) is 0 Å². The summed E-state index contributed by atoms with van der Waals surface area (Å²) < 4.78 is 5.16. The van der Waals surface area contributed by atoms with E-state index < -0.39 is 0 Å². The molecule has 1 aromatic rings. The molecule has 1 saturated heterocycles. The summed E-state index contributed by atoms with van der Waals surface area (Å²) in [5.74, 6) is 0.177. The zero-order chi connectivity index (χ0) is 14.4. The standard InChI is InChI=1S/C16H25NO2S/c1-13(18)16-10-14(12-20-16)11-17-8-4-3-6-15(17)7-5-9-19-2/h10,12,15H,3-9,11H2,1-2H3/t15-/m1/s1. The third kappa shape index (κ3) is 4.40. The highest BCUT2D eigenvalue weighted by molar-refractivity contribution is 7.12. The monoisotopic (exact) mass is 295 g/mol. The number of ether oxygens (including phenoxy) is 1. The fourth-order valence-electron chi connectivity index (χ4n) is 2.94. The van der Waals surface area contributed by atoms with E-state index in [4.69, 9.17) is 4.74 Å². The largest absolute Gasteiger partial charge is 0.385 e. The van der Waals surface area contributed by atoms with E-state index in [0.717, 1.165) is 24.4 Å². The maximum Gasteiger partial charge on any atom is 0.169 e. The second kappa shape index (κ2) is 7.91. The highest BCUT2D eigenvalue weighted by Crippen LogP contribution is 2.25. The molecule has 0 bridgehead atoms. The first-order chi connectivity index (χ1) is 9.70. The van der Waals surface area contributed by atoms with Crippen molar-refractivity contribution in [3.63, 3.8) is 0 Å². The van der Waals surface area contributed by atoms with E-state index >= 15 is 0 Å². The third-order valence-electron chi connectivity index (χ3n) is 4.02. The fraction of sp³-hybridized carbons (Fsp3) is 0.688. The number of carbonyl (C=O) groups excluding carboxylic acids is 1. The number of rotatable bonds is 7. The molecular weight excluding hydrogens is 270 g/mol. The van der Waals surface area contributed by atoms with Crippen molar-refractivity contribution in [1.82, 2.24) is 4.90 Å². The van der Waals surface area contributed by atoms with Crippen molar-refractivity contribution in [2.45, 2.75) is 51.6 Å². The number of likely N-dealkylation sites (tertiary alicyclic amines) is 1. The molecule has 0 amide bonds. The van der Waals surface area contributed by atoms with E-state index in [-0.39, 0.29) is 5.78 Å². The van der Waals surface area contributed by atoms with Crippen LogP contribution in [0.1, 0.15) is 54.3 Å². The molecule has 4 heteroatoms. The molecule has 1 fully saturated rings. The Labute approximate surface area is 125 Å². The van der Waals surface area contributed by atoms with Crippen LogP contribution in [0, 0.1) is 0 Å². The van der Waals surface area contributed by atoms with Gasteiger partial charge in [-0.15, -0.1) is 11.3 Å². The van der Waals surface area contributed by atoms with Gasteiger partial charge in [0, 0.05) is 26.3 Å². The Balaban J connectivity index is 1.91. The van der Waals surface area contributed by atoms with Crippen molar-refractivity contribution in [2.75, 3.05) is 20.3 Å². The molecule has 0 unspecified atom stereocenters. The molecule has 1 aromatic heterocycles. The zero-order valence-electron chi connectivity index (χ0n) is 12.6. The summed E-state index contributed by atoms with van der Waals surface area (Å²) in [6.07, 6.45) is 6.30. The van der Waals surface area contributed by atoms with Crippen LogP contribution in [0.2, 0.25) is 0 Å². The van der Waals surface area contributed by atoms with Gasteiger partial charge in [0.25, 0.3) is 0 Å². The Hall–Kier alpha value is -0.710. The Morgan fingerprint density at radius 3 is 3.05 bits per heavy atom. The lowest BCUT2D eigenvalue weighted by atomic mass is 9.97. The number of nitrogens with zero attached hydrogens (tertiary/aromatic N) is 1. The minimum atomic E-state index is 0.177. The molecule has 1 aliphatic rings. The number of Topliss-reactive ketones (excluding diaryl/α,β-unsaturated/α-hetero) is 1. The maximum atomic E-state index is 11.4. The molecule has 3 nitrogen and oxygen atoms in total. The summed E-state index contributed by atoms with van der Waals surface area (Å²) in [7, 11) is 1.77. The molecule has 1 atom stereocenters. The van der Waals surface area contributed by atoms with Crippen molar-refractivity contribution in [1.29, 1.82) is 0 Å². The van der Waals surface area contributed by atoms with Crippen LogP contribution in [0.15, 0.2) is 11.4 Å². The smallest absolute Gasteiger partial charge is 0.169 e. The number of ketones is 1. The van der Waals surface area contributed by atoms with Crippen LogP contribution >= 0.6 is 11.3 Å². The lowest BCUT2D eigenvalue weighted by Crippen LogP contribution is -2.38. The lowest BCUT2D eigenvalue weighted by molar-refractivity contribution is 0.102. The van der Waals surface area contributed by atoms with Gasteiger partial charge in [-0.1, -0.05) is 6.42 Å². The van der Waals surface area contributed by atoms with Gasteiger partial charge in [-0.25, -0.2) is 0 Å². The molecular formula is C16H25NO2S. The Bertz CT molecular complexity index is 430. The number of piperidine rings is 1. The van der Waals surface area contributed by atoms with Crippen molar-refractivity contribution < 1.29 is 9.53 Å². The van der Waals surface area contributed by atoms with Gasteiger partial charge in [-0.3, -0.25) is 9.69 Å². The summed E-state index contributed by atoms with van der Waals surface area (Å²) in [5.41, 5.74) is 1.29. The van der Waals surface area contributed by atoms with Crippen molar-refractivity contribution in [3.8, 4) is 0 Å². The van der Waals surface area contributed by atoms with Crippen molar-refractivity contribution in [3.05, 3.63) is 21.9 Å². The highest BCUT2D eigenvalue weighted by atomic mass is 32.1. The molecule has 0 saturated carbocycles. The number of methoxy groups -OCH3 is 1. The average molecular weight is 295 g/mol. The second-order valence-corrected chi connectivity index (χ2v) is 6.54. The molecule has 0 spiro atoms. The summed E-state index contributed by atoms with van der Waals surface area (Å²) in [6.45, 7) is 4.67. The van der Waals surface area contributed by atoms with Gasteiger partial charge < -0.3 is 4.74 Å². The van der Waals surface area contributed by atoms with E-state index in [1.807, 2.05) is 0 Å². The highest BCUT2D eigenvalue weighted by Gasteiger charge is 2.22. The van der Waals surface area contributed by atoms with Crippen LogP contribution in [0.25, 0.3) is 0 Å². The molecule has 0 aromatic carbocycles. The van der Waals surface area contributed by atoms with E-state index in [1.54, 1.807) is 25.4 Å². The average Bonchev–Trinajstić information content (AvgIpc) is 2.90. The Kier molecular flexibility index (Phi) is 6.20. The molecule has 0 radical (unpaired) electrons. The molecule has 0 N–H and O–H groups in total. The first kappa shape index (κ1) is 15.7. The summed E-state index contributed by atoms with van der Waals surface area (Å²) >= 11 is 1.57. The zero-order valence-corrected chi connectivity index (χ0v) is 13.4. The summed E-state index contributed by atoms with van der Waals surface area (Å²) in [5, 5.41) is 2.14. The predicted molar refractivity (Wildman–Crippen MR) is 83.5 cm³/mol. The summed E-state index contributed by atoms with van der Waals surface area (Å²) in [4.78, 5) is 14.8. The normalized spacial score (nSPS) is 20.2. The van der Waals surface area contributed by atoms with Crippen LogP contribution in [0.4, 0.5) is 0 Å². The Morgan fingerprint density at radius 2 is 2.35 bits per heavy atom. The van der Waals surface area contributed by atoms with Crippen molar-refractivity contribution >= 4 is 17.1 Å². The number of thiophene rings is 1. The molecule has 1 aliphatic heterocycles. The Morgan fingerprint density at radius 1 is 1.50 bits per heavy atom. The van der Waals surface area contributed by atoms with Crippen LogP contribution in [0.3, 0.4) is 0 Å². The molecule has 112 valence electrons. The minimum absolute atomic E-state index is 0.177. The van der Waals surface area contributed by atoms with Crippen LogP contribution in [0.5, 0.6) is 0 Å². The second-order valence-electron chi connectivity index (χ2n) is 5.63. The summed E-state index contributed by atoms with van der Waals surface area (Å²) in [6, 6.07) is 2.74. The first-order valence-electron chi connectivity index (χ1n) is 7.52. The third-order valence-corrected chi connectivity index (χ3v) is 5.10. The molecule has 2 heterocycles. The quantitative estimate of drug-likeness (QED) is 0.567. The van der Waals surface area contributed by atoms with Gasteiger partial charge in [0.15, 0.2) is 5.78 Å².